The molecule has 15 heavy (non-hydrogen) atoms. The smallest absolute Gasteiger partial charge is 0.371 e. The van der Waals surface area contributed by atoms with Gasteiger partial charge in [0.1, 0.15) is 5.58 Å². The zero-order chi connectivity index (χ0) is 11.4. The van der Waals surface area contributed by atoms with Gasteiger partial charge in [0.25, 0.3) is 0 Å². The van der Waals surface area contributed by atoms with Gasteiger partial charge in [0.05, 0.1) is 0 Å². The van der Waals surface area contributed by atoms with Crippen molar-refractivity contribution in [1.29, 1.82) is 0 Å². The van der Waals surface area contributed by atoms with E-state index in [1.54, 1.807) is 18.2 Å². The highest BCUT2D eigenvalue weighted by Gasteiger charge is 2.09. The predicted molar refractivity (Wildman–Crippen MR) is 59.4 cm³/mol. The van der Waals surface area contributed by atoms with Crippen LogP contribution in [0.5, 0.6) is 0 Å². The van der Waals surface area contributed by atoms with Crippen molar-refractivity contribution in [1.82, 2.24) is 0 Å². The summed E-state index contributed by atoms with van der Waals surface area (Å²) in [7, 11) is 0. The molecule has 0 aliphatic heterocycles. The van der Waals surface area contributed by atoms with E-state index in [2.05, 4.69) is 11.6 Å². The van der Waals surface area contributed by atoms with Crippen LogP contribution >= 0.6 is 11.6 Å². The molecule has 0 radical (unpaired) electrons. The first-order valence-corrected chi connectivity index (χ1v) is 4.82. The second kappa shape index (κ2) is 4.70. The molecule has 0 fully saturated rings. The summed E-state index contributed by atoms with van der Waals surface area (Å²) in [6.07, 6.45) is 1.47. The van der Waals surface area contributed by atoms with Crippen molar-refractivity contribution in [3.8, 4) is 0 Å². The van der Waals surface area contributed by atoms with Crippen molar-refractivity contribution in [2.75, 3.05) is 12.1 Å². The Hall–Kier alpha value is -1.68. The third kappa shape index (κ3) is 2.41. The van der Waals surface area contributed by atoms with Crippen molar-refractivity contribution >= 4 is 34.2 Å². The van der Waals surface area contributed by atoms with Gasteiger partial charge in [-0.25, -0.2) is 4.79 Å². The molecule has 0 saturated heterocycles. The lowest BCUT2D eigenvalue weighted by atomic mass is 10.2. The molecule has 0 unspecified atom stereocenters. The number of rotatable bonds is 1. The van der Waals surface area contributed by atoms with E-state index in [9.17, 15) is 4.79 Å². The Balaban J connectivity index is 0.000000531. The van der Waals surface area contributed by atoms with Crippen LogP contribution in [0.1, 0.15) is 10.6 Å². The Labute approximate surface area is 91.2 Å². The molecule has 1 aromatic heterocycles. The lowest BCUT2D eigenvalue weighted by Gasteiger charge is -1.89. The summed E-state index contributed by atoms with van der Waals surface area (Å²) in [5.74, 6) is -1.14. The van der Waals surface area contributed by atoms with E-state index in [1.807, 2.05) is 0 Å². The molecule has 5 heteroatoms. The summed E-state index contributed by atoms with van der Waals surface area (Å²) in [6, 6.07) is 6.44. The third-order valence-electron chi connectivity index (χ3n) is 1.75. The number of nitrogen functional groups attached to an aromatic ring is 1. The number of halogens is 1. The van der Waals surface area contributed by atoms with E-state index in [0.717, 1.165) is 0 Å². The SMILES string of the molecule is CCl.Nc1ccc2oc(C(=O)O)cc2c1. The number of furan rings is 1. The number of fused-ring (bicyclic) bond motifs is 1. The average molecular weight is 228 g/mol. The number of nitrogens with two attached hydrogens (primary N) is 1. The van der Waals surface area contributed by atoms with Crippen molar-refractivity contribution in [3.05, 3.63) is 30.0 Å². The Morgan fingerprint density at radius 3 is 2.67 bits per heavy atom. The Morgan fingerprint density at radius 2 is 2.07 bits per heavy atom. The summed E-state index contributed by atoms with van der Waals surface area (Å²) in [5, 5.41) is 9.34. The molecule has 1 aromatic carbocycles. The highest BCUT2D eigenvalue weighted by atomic mass is 35.5. The average Bonchev–Trinajstić information content (AvgIpc) is 2.63. The number of aromatic carboxylic acids is 1. The lowest BCUT2D eigenvalue weighted by molar-refractivity contribution is 0.0665. The molecule has 0 spiro atoms. The van der Waals surface area contributed by atoms with Gasteiger partial charge in [0.2, 0.25) is 5.76 Å². The number of carboxylic acid groups (broad SMARTS) is 1. The molecule has 0 saturated carbocycles. The summed E-state index contributed by atoms with van der Waals surface area (Å²) in [4.78, 5) is 10.5. The van der Waals surface area contributed by atoms with Crippen LogP contribution in [0.15, 0.2) is 28.7 Å². The standard InChI is InChI=1S/C9H7NO3.CH3Cl/c10-6-1-2-7-5(3-6)4-8(13-7)9(11)12;1-2/h1-4H,10H2,(H,11,12);1H3. The minimum atomic E-state index is -1.07. The molecular formula is C10H10ClNO3. The Kier molecular flexibility index (Phi) is 3.57. The van der Waals surface area contributed by atoms with Gasteiger partial charge in [-0.2, -0.15) is 0 Å². The normalized spacial score (nSPS) is 9.47. The highest BCUT2D eigenvalue weighted by Crippen LogP contribution is 2.21. The van der Waals surface area contributed by atoms with Gasteiger partial charge in [0, 0.05) is 17.5 Å². The van der Waals surface area contributed by atoms with Crippen LogP contribution in [0.4, 0.5) is 5.69 Å². The van der Waals surface area contributed by atoms with Crippen LogP contribution in [-0.4, -0.2) is 17.5 Å². The number of hydrogen-bond donors (Lipinski definition) is 2. The van der Waals surface area contributed by atoms with Gasteiger partial charge in [-0.3, -0.25) is 0 Å². The van der Waals surface area contributed by atoms with Crippen LogP contribution in [0.2, 0.25) is 0 Å². The van der Waals surface area contributed by atoms with E-state index >= 15 is 0 Å². The zero-order valence-electron chi connectivity index (χ0n) is 8.03. The first kappa shape index (κ1) is 11.4. The van der Waals surface area contributed by atoms with Crippen molar-refractivity contribution in [2.24, 2.45) is 0 Å². The maximum absolute atomic E-state index is 10.5. The van der Waals surface area contributed by atoms with Gasteiger partial charge >= 0.3 is 5.97 Å². The van der Waals surface area contributed by atoms with Crippen LogP contribution < -0.4 is 5.73 Å². The summed E-state index contributed by atoms with van der Waals surface area (Å²) < 4.78 is 5.03. The number of hydrogen-bond acceptors (Lipinski definition) is 3. The molecule has 0 atom stereocenters. The second-order valence-electron chi connectivity index (χ2n) is 2.71. The summed E-state index contributed by atoms with van der Waals surface area (Å²) >= 11 is 4.64. The Bertz CT molecular complexity index is 478. The van der Waals surface area contributed by atoms with E-state index < -0.39 is 5.97 Å². The van der Waals surface area contributed by atoms with E-state index in [-0.39, 0.29) is 5.76 Å². The molecule has 2 aromatic rings. The van der Waals surface area contributed by atoms with Gasteiger partial charge in [-0.1, -0.05) is 0 Å². The fourth-order valence-corrected chi connectivity index (χ4v) is 1.17. The molecule has 3 N–H and O–H groups in total. The summed E-state index contributed by atoms with van der Waals surface area (Å²) in [6.45, 7) is 0. The minimum Gasteiger partial charge on any atom is -0.475 e. The highest BCUT2D eigenvalue weighted by molar-refractivity contribution is 6.15. The van der Waals surface area contributed by atoms with Gasteiger partial charge in [-0.05, 0) is 24.3 Å². The molecule has 4 nitrogen and oxygen atoms in total. The minimum absolute atomic E-state index is 0.0689. The fourth-order valence-electron chi connectivity index (χ4n) is 1.17. The first-order chi connectivity index (χ1) is 7.16. The monoisotopic (exact) mass is 227 g/mol. The molecular weight excluding hydrogens is 218 g/mol. The van der Waals surface area contributed by atoms with Crippen LogP contribution in [0, 0.1) is 0 Å². The lowest BCUT2D eigenvalue weighted by Crippen LogP contribution is -1.91. The second-order valence-corrected chi connectivity index (χ2v) is 2.71. The molecule has 0 aliphatic rings. The van der Waals surface area contributed by atoms with E-state index in [1.165, 1.54) is 12.4 Å². The van der Waals surface area contributed by atoms with Gasteiger partial charge in [-0.15, -0.1) is 11.6 Å². The molecule has 80 valence electrons. The van der Waals surface area contributed by atoms with Gasteiger partial charge < -0.3 is 15.3 Å². The molecule has 1 heterocycles. The Morgan fingerprint density at radius 1 is 1.40 bits per heavy atom. The number of alkyl halides is 1. The molecule has 2 rings (SSSR count). The number of anilines is 1. The van der Waals surface area contributed by atoms with Crippen LogP contribution in [-0.2, 0) is 0 Å². The first-order valence-electron chi connectivity index (χ1n) is 4.07. The molecule has 0 aliphatic carbocycles. The third-order valence-corrected chi connectivity index (χ3v) is 1.75. The largest absolute Gasteiger partial charge is 0.475 e. The van der Waals surface area contributed by atoms with E-state index in [0.29, 0.717) is 16.7 Å². The molecule has 0 amide bonds. The summed E-state index contributed by atoms with van der Waals surface area (Å²) in [5.41, 5.74) is 6.64. The topological polar surface area (TPSA) is 76.5 Å². The van der Waals surface area contributed by atoms with Gasteiger partial charge in [0.15, 0.2) is 0 Å². The fraction of sp³-hybridized carbons (Fsp3) is 0.100. The number of benzene rings is 1. The van der Waals surface area contributed by atoms with Crippen LogP contribution in [0.3, 0.4) is 0 Å². The van der Waals surface area contributed by atoms with E-state index in [4.69, 9.17) is 15.3 Å². The number of carboxylic acids is 1. The zero-order valence-corrected chi connectivity index (χ0v) is 8.78. The predicted octanol–water partition coefficient (Wildman–Crippen LogP) is 2.57. The number of carbonyl (C=O) groups is 1. The van der Waals surface area contributed by atoms with Crippen molar-refractivity contribution in [3.63, 3.8) is 0 Å². The maximum Gasteiger partial charge on any atom is 0.371 e. The molecule has 0 bridgehead atoms. The maximum atomic E-state index is 10.5. The quantitative estimate of drug-likeness (QED) is 0.580. The van der Waals surface area contributed by atoms with Crippen molar-refractivity contribution < 1.29 is 14.3 Å². The van der Waals surface area contributed by atoms with Crippen molar-refractivity contribution in [2.45, 2.75) is 0 Å². The van der Waals surface area contributed by atoms with Crippen LogP contribution in [0.25, 0.3) is 11.0 Å².